The van der Waals surface area contributed by atoms with Gasteiger partial charge in [0.15, 0.2) is 0 Å². The van der Waals surface area contributed by atoms with Gasteiger partial charge in [0.2, 0.25) is 11.8 Å². The van der Waals surface area contributed by atoms with E-state index in [1.807, 2.05) is 27.7 Å². The van der Waals surface area contributed by atoms with Crippen molar-refractivity contribution in [2.24, 2.45) is 0 Å². The van der Waals surface area contributed by atoms with Gasteiger partial charge in [-0.2, -0.15) is 5.10 Å². The molecule has 3 heterocycles. The topological polar surface area (TPSA) is 97.1 Å². The number of amides is 1. The zero-order valence-corrected chi connectivity index (χ0v) is 14.4. The number of ether oxygens (including phenoxy) is 1. The lowest BCUT2D eigenvalue weighted by Gasteiger charge is -2.32. The molecule has 1 fully saturated rings. The Bertz CT molecular complexity index is 706. The second-order valence-electron chi connectivity index (χ2n) is 6.59. The normalized spacial score (nSPS) is 18.6. The highest BCUT2D eigenvalue weighted by molar-refractivity contribution is 5.92. The van der Waals surface area contributed by atoms with Crippen molar-refractivity contribution in [3.8, 4) is 0 Å². The van der Waals surface area contributed by atoms with E-state index in [0.717, 1.165) is 5.69 Å². The minimum Gasteiger partial charge on any atom is -0.423 e. The Balaban J connectivity index is 1.84. The third-order valence-corrected chi connectivity index (χ3v) is 4.06. The summed E-state index contributed by atoms with van der Waals surface area (Å²) in [6, 6.07) is 1.41. The van der Waals surface area contributed by atoms with Gasteiger partial charge in [0, 0.05) is 18.2 Å². The van der Waals surface area contributed by atoms with E-state index >= 15 is 0 Å². The molecule has 1 atom stereocenters. The minimum atomic E-state index is -0.384. The number of hydrogen-bond acceptors (Lipinski definition) is 6. The summed E-state index contributed by atoms with van der Waals surface area (Å²) in [7, 11) is 0. The number of nitrogens with zero attached hydrogens (tertiary/aromatic N) is 4. The lowest BCUT2D eigenvalue weighted by Crippen LogP contribution is -2.43. The molecule has 1 amide bonds. The fraction of sp³-hybridized carbons (Fsp3) is 0.625. The Hall–Kier alpha value is -2.22. The zero-order valence-electron chi connectivity index (χ0n) is 14.4. The highest BCUT2D eigenvalue weighted by atomic mass is 16.5. The van der Waals surface area contributed by atoms with Gasteiger partial charge < -0.3 is 14.1 Å². The van der Waals surface area contributed by atoms with Crippen LogP contribution < -0.4 is 0 Å². The van der Waals surface area contributed by atoms with Crippen LogP contribution in [0.5, 0.6) is 0 Å². The lowest BCUT2D eigenvalue weighted by molar-refractivity contribution is -0.0110. The molecule has 130 valence electrons. The van der Waals surface area contributed by atoms with E-state index in [2.05, 4.69) is 20.4 Å². The SMILES string of the molecule is CC(C)c1cc(C(=O)N2CCOCC2c2nnc(C(C)C)o2)n[nH]1. The Morgan fingerprint density at radius 3 is 2.71 bits per heavy atom. The number of H-pyrrole nitrogens is 1. The van der Waals surface area contributed by atoms with E-state index < -0.39 is 0 Å². The molecule has 2 aromatic heterocycles. The second-order valence-corrected chi connectivity index (χ2v) is 6.59. The molecule has 2 aromatic rings. The highest BCUT2D eigenvalue weighted by Crippen LogP contribution is 2.26. The quantitative estimate of drug-likeness (QED) is 0.921. The van der Waals surface area contributed by atoms with Crippen LogP contribution >= 0.6 is 0 Å². The standard InChI is InChI=1S/C16H23N5O3/c1-9(2)11-7-12(18-17-11)16(22)21-5-6-23-8-13(21)15-20-19-14(24-15)10(3)4/h7,9-10,13H,5-6,8H2,1-4H3,(H,17,18). The molecule has 1 saturated heterocycles. The van der Waals surface area contributed by atoms with Crippen LogP contribution in [0.4, 0.5) is 0 Å². The number of carbonyl (C=O) groups excluding carboxylic acids is 1. The Kier molecular flexibility index (Phi) is 4.66. The molecule has 3 rings (SSSR count). The van der Waals surface area contributed by atoms with Crippen molar-refractivity contribution in [1.82, 2.24) is 25.3 Å². The molecular formula is C16H23N5O3. The third-order valence-electron chi connectivity index (χ3n) is 4.06. The molecule has 1 unspecified atom stereocenters. The molecule has 0 spiro atoms. The van der Waals surface area contributed by atoms with Crippen LogP contribution in [-0.2, 0) is 4.74 Å². The third kappa shape index (κ3) is 3.19. The molecule has 8 nitrogen and oxygen atoms in total. The van der Waals surface area contributed by atoms with E-state index in [0.29, 0.717) is 37.2 Å². The molecular weight excluding hydrogens is 310 g/mol. The Morgan fingerprint density at radius 1 is 1.29 bits per heavy atom. The van der Waals surface area contributed by atoms with E-state index in [1.165, 1.54) is 0 Å². The number of morpholine rings is 1. The molecule has 24 heavy (non-hydrogen) atoms. The number of aromatic nitrogens is 4. The van der Waals surface area contributed by atoms with Gasteiger partial charge in [0.25, 0.3) is 5.91 Å². The summed E-state index contributed by atoms with van der Waals surface area (Å²) in [6.07, 6.45) is 0. The number of carbonyl (C=O) groups is 1. The molecule has 1 aliphatic rings. The van der Waals surface area contributed by atoms with Gasteiger partial charge in [-0.3, -0.25) is 9.89 Å². The van der Waals surface area contributed by atoms with Gasteiger partial charge in [-0.15, -0.1) is 10.2 Å². The summed E-state index contributed by atoms with van der Waals surface area (Å²) in [6.45, 7) is 9.34. The fourth-order valence-electron chi connectivity index (χ4n) is 2.55. The first-order valence-corrected chi connectivity index (χ1v) is 8.24. The summed E-state index contributed by atoms with van der Waals surface area (Å²) >= 11 is 0. The van der Waals surface area contributed by atoms with Crippen molar-refractivity contribution in [1.29, 1.82) is 0 Å². The van der Waals surface area contributed by atoms with Gasteiger partial charge in [-0.1, -0.05) is 27.7 Å². The predicted octanol–water partition coefficient (Wildman–Crippen LogP) is 2.25. The largest absolute Gasteiger partial charge is 0.423 e. The van der Waals surface area contributed by atoms with Gasteiger partial charge in [0.1, 0.15) is 11.7 Å². The number of nitrogens with one attached hydrogen (secondary N) is 1. The molecule has 0 saturated carbocycles. The summed E-state index contributed by atoms with van der Waals surface area (Å²) in [5.74, 6) is 1.23. The Labute approximate surface area is 140 Å². The summed E-state index contributed by atoms with van der Waals surface area (Å²) in [5.41, 5.74) is 1.33. The molecule has 0 aliphatic carbocycles. The smallest absolute Gasteiger partial charge is 0.275 e. The number of aromatic amines is 1. The van der Waals surface area contributed by atoms with E-state index in [4.69, 9.17) is 9.15 Å². The van der Waals surface area contributed by atoms with Crippen molar-refractivity contribution in [3.63, 3.8) is 0 Å². The first-order chi connectivity index (χ1) is 11.5. The van der Waals surface area contributed by atoms with Crippen molar-refractivity contribution in [2.75, 3.05) is 19.8 Å². The average molecular weight is 333 g/mol. The number of rotatable bonds is 4. The monoisotopic (exact) mass is 333 g/mol. The summed E-state index contributed by atoms with van der Waals surface area (Å²) < 4.78 is 11.2. The predicted molar refractivity (Wildman–Crippen MR) is 85.7 cm³/mol. The maximum Gasteiger partial charge on any atom is 0.275 e. The maximum absolute atomic E-state index is 12.9. The molecule has 8 heteroatoms. The average Bonchev–Trinajstić information content (AvgIpc) is 3.23. The van der Waals surface area contributed by atoms with Crippen LogP contribution in [-0.4, -0.2) is 51.0 Å². The van der Waals surface area contributed by atoms with Gasteiger partial charge >= 0.3 is 0 Å². The van der Waals surface area contributed by atoms with Crippen molar-refractivity contribution in [2.45, 2.75) is 45.6 Å². The van der Waals surface area contributed by atoms with Crippen LogP contribution in [0.1, 0.15) is 73.5 Å². The fourth-order valence-corrected chi connectivity index (χ4v) is 2.55. The van der Waals surface area contributed by atoms with Crippen LogP contribution in [0.25, 0.3) is 0 Å². The highest BCUT2D eigenvalue weighted by Gasteiger charge is 2.34. The van der Waals surface area contributed by atoms with E-state index in [-0.39, 0.29) is 23.8 Å². The molecule has 0 bridgehead atoms. The second kappa shape index (κ2) is 6.72. The van der Waals surface area contributed by atoms with E-state index in [9.17, 15) is 4.79 Å². The lowest BCUT2D eigenvalue weighted by atomic mass is 10.1. The minimum absolute atomic E-state index is 0.139. The zero-order chi connectivity index (χ0) is 17.3. The van der Waals surface area contributed by atoms with Gasteiger partial charge in [-0.25, -0.2) is 0 Å². The number of hydrogen-bond donors (Lipinski definition) is 1. The molecule has 0 radical (unpaired) electrons. The Morgan fingerprint density at radius 2 is 2.08 bits per heavy atom. The van der Waals surface area contributed by atoms with Crippen molar-refractivity contribution >= 4 is 5.91 Å². The van der Waals surface area contributed by atoms with Crippen molar-refractivity contribution in [3.05, 3.63) is 29.2 Å². The van der Waals surface area contributed by atoms with E-state index in [1.54, 1.807) is 11.0 Å². The van der Waals surface area contributed by atoms with Crippen molar-refractivity contribution < 1.29 is 13.9 Å². The maximum atomic E-state index is 12.9. The first kappa shape index (κ1) is 16.6. The summed E-state index contributed by atoms with van der Waals surface area (Å²) in [4.78, 5) is 14.6. The molecule has 0 aromatic carbocycles. The van der Waals surface area contributed by atoms with Crippen LogP contribution in [0, 0.1) is 0 Å². The van der Waals surface area contributed by atoms with Crippen LogP contribution in [0.3, 0.4) is 0 Å². The molecule has 1 N–H and O–H groups in total. The van der Waals surface area contributed by atoms with Gasteiger partial charge in [-0.05, 0) is 12.0 Å². The van der Waals surface area contributed by atoms with Gasteiger partial charge in [0.05, 0.1) is 13.2 Å². The van der Waals surface area contributed by atoms with Crippen LogP contribution in [0.2, 0.25) is 0 Å². The summed E-state index contributed by atoms with van der Waals surface area (Å²) in [5, 5.41) is 15.2. The van der Waals surface area contributed by atoms with Crippen LogP contribution in [0.15, 0.2) is 10.5 Å². The molecule has 1 aliphatic heterocycles. The first-order valence-electron chi connectivity index (χ1n) is 8.24.